The van der Waals surface area contributed by atoms with Crippen molar-refractivity contribution in [1.82, 2.24) is 0 Å². The number of carbonyl (C=O) groups is 1. The third kappa shape index (κ3) is 3.05. The first-order valence-corrected chi connectivity index (χ1v) is 5.77. The predicted molar refractivity (Wildman–Crippen MR) is 71.3 cm³/mol. The normalized spacial score (nSPS) is 11.3. The maximum Gasteiger partial charge on any atom is 0.221 e. The van der Waals surface area contributed by atoms with Crippen molar-refractivity contribution in [3.63, 3.8) is 0 Å². The van der Waals surface area contributed by atoms with Crippen LogP contribution in [0.15, 0.2) is 60.4 Å². The fraction of sp³-hybridized carbons (Fsp3) is 0. The van der Waals surface area contributed by atoms with E-state index in [0.29, 0.717) is 10.6 Å². The molecular weight excluding hydrogens is 251 g/mol. The maximum absolute atomic E-state index is 13.7. The van der Waals surface area contributed by atoms with Crippen molar-refractivity contribution in [3.05, 3.63) is 76.6 Å². The van der Waals surface area contributed by atoms with Gasteiger partial charge in [0.1, 0.15) is 0 Å². The van der Waals surface area contributed by atoms with Crippen LogP contribution in [0.1, 0.15) is 15.9 Å². The summed E-state index contributed by atoms with van der Waals surface area (Å²) in [6.07, 6.45) is 1.22. The molecule has 2 aromatic carbocycles. The molecule has 0 amide bonds. The maximum atomic E-state index is 13.7. The molecule has 18 heavy (non-hydrogen) atoms. The van der Waals surface area contributed by atoms with E-state index in [-0.39, 0.29) is 5.56 Å². The van der Waals surface area contributed by atoms with Gasteiger partial charge in [0.15, 0.2) is 5.83 Å². The first kappa shape index (κ1) is 12.5. The van der Waals surface area contributed by atoms with Crippen molar-refractivity contribution in [1.29, 1.82) is 0 Å². The van der Waals surface area contributed by atoms with Crippen molar-refractivity contribution in [2.75, 3.05) is 0 Å². The van der Waals surface area contributed by atoms with Gasteiger partial charge >= 0.3 is 0 Å². The number of ketones is 1. The molecule has 0 aromatic heterocycles. The highest BCUT2D eigenvalue weighted by Crippen LogP contribution is 2.16. The molecule has 0 N–H and O–H groups in total. The fourth-order valence-electron chi connectivity index (χ4n) is 1.50. The lowest BCUT2D eigenvalue weighted by atomic mass is 10.1. The van der Waals surface area contributed by atoms with E-state index in [1.807, 2.05) is 6.07 Å². The highest BCUT2D eigenvalue weighted by molar-refractivity contribution is 6.30. The molecule has 0 heterocycles. The summed E-state index contributed by atoms with van der Waals surface area (Å²) in [7, 11) is 0. The van der Waals surface area contributed by atoms with Gasteiger partial charge in [-0.3, -0.25) is 4.79 Å². The second-order valence-electron chi connectivity index (χ2n) is 3.74. The molecule has 0 unspecified atom stereocenters. The van der Waals surface area contributed by atoms with E-state index < -0.39 is 11.6 Å². The van der Waals surface area contributed by atoms with Gasteiger partial charge in [-0.05, 0) is 35.9 Å². The molecule has 0 aliphatic heterocycles. The van der Waals surface area contributed by atoms with E-state index in [0.717, 1.165) is 0 Å². The van der Waals surface area contributed by atoms with Crippen LogP contribution in [0.25, 0.3) is 6.08 Å². The minimum Gasteiger partial charge on any atom is -0.286 e. The molecule has 0 spiro atoms. The Balaban J connectivity index is 2.24. The summed E-state index contributed by atoms with van der Waals surface area (Å²) in [4.78, 5) is 11.8. The molecule has 0 radical (unpaired) electrons. The van der Waals surface area contributed by atoms with Crippen LogP contribution < -0.4 is 0 Å². The van der Waals surface area contributed by atoms with E-state index in [1.165, 1.54) is 18.2 Å². The Bertz CT molecular complexity index is 573. The molecule has 90 valence electrons. The van der Waals surface area contributed by atoms with Crippen LogP contribution in [-0.2, 0) is 0 Å². The van der Waals surface area contributed by atoms with E-state index >= 15 is 0 Å². The van der Waals surface area contributed by atoms with Crippen LogP contribution in [0.5, 0.6) is 0 Å². The van der Waals surface area contributed by atoms with Gasteiger partial charge in [-0.1, -0.05) is 41.9 Å². The monoisotopic (exact) mass is 260 g/mol. The zero-order chi connectivity index (χ0) is 13.0. The Morgan fingerprint density at radius 1 is 1.00 bits per heavy atom. The smallest absolute Gasteiger partial charge is 0.221 e. The van der Waals surface area contributed by atoms with Crippen LogP contribution in [0, 0.1) is 0 Å². The standard InChI is InChI=1S/C15H10ClFO/c16-13-8-6-12(7-9-13)15(18)14(17)10-11-4-2-1-3-5-11/h1-10H/b14-10-. The van der Waals surface area contributed by atoms with Gasteiger partial charge in [0.2, 0.25) is 5.78 Å². The van der Waals surface area contributed by atoms with Crippen LogP contribution >= 0.6 is 11.6 Å². The van der Waals surface area contributed by atoms with Gasteiger partial charge in [-0.25, -0.2) is 4.39 Å². The third-order valence-electron chi connectivity index (χ3n) is 2.42. The number of Topliss-reactive ketones (excluding diaryl/α,β-unsaturated/α-hetero) is 1. The molecule has 0 atom stereocenters. The quantitative estimate of drug-likeness (QED) is 0.585. The number of rotatable bonds is 3. The lowest BCUT2D eigenvalue weighted by Gasteiger charge is -1.99. The number of carbonyl (C=O) groups excluding carboxylic acids is 1. The van der Waals surface area contributed by atoms with Crippen molar-refractivity contribution >= 4 is 23.5 Å². The van der Waals surface area contributed by atoms with Gasteiger partial charge in [-0.2, -0.15) is 0 Å². The van der Waals surface area contributed by atoms with Crippen LogP contribution in [0.3, 0.4) is 0 Å². The summed E-state index contributed by atoms with van der Waals surface area (Å²) in [5, 5.41) is 0.513. The summed E-state index contributed by atoms with van der Waals surface area (Å²) in [6, 6.07) is 15.0. The SMILES string of the molecule is O=C(/C(F)=C/c1ccccc1)c1ccc(Cl)cc1. The largest absolute Gasteiger partial charge is 0.286 e. The Kier molecular flexibility index (Phi) is 3.90. The zero-order valence-corrected chi connectivity index (χ0v) is 10.2. The molecule has 0 bridgehead atoms. The van der Waals surface area contributed by atoms with E-state index in [1.54, 1.807) is 36.4 Å². The minimum atomic E-state index is -0.788. The van der Waals surface area contributed by atoms with Crippen molar-refractivity contribution in [2.45, 2.75) is 0 Å². The number of hydrogen-bond donors (Lipinski definition) is 0. The predicted octanol–water partition coefficient (Wildman–Crippen LogP) is 4.53. The van der Waals surface area contributed by atoms with E-state index in [4.69, 9.17) is 11.6 Å². The molecule has 2 aromatic rings. The molecule has 0 fully saturated rings. The fourth-order valence-corrected chi connectivity index (χ4v) is 1.63. The summed E-state index contributed by atoms with van der Waals surface area (Å²) in [5.41, 5.74) is 0.932. The van der Waals surface area contributed by atoms with Crippen LogP contribution in [0.4, 0.5) is 4.39 Å². The highest BCUT2D eigenvalue weighted by atomic mass is 35.5. The molecule has 3 heteroatoms. The Labute approximate surface area is 110 Å². The Morgan fingerprint density at radius 3 is 2.22 bits per heavy atom. The number of halogens is 2. The highest BCUT2D eigenvalue weighted by Gasteiger charge is 2.11. The van der Waals surface area contributed by atoms with Gasteiger partial charge < -0.3 is 0 Å². The first-order chi connectivity index (χ1) is 8.66. The summed E-state index contributed by atoms with van der Waals surface area (Å²) < 4.78 is 13.7. The van der Waals surface area contributed by atoms with Crippen LogP contribution in [-0.4, -0.2) is 5.78 Å². The minimum absolute atomic E-state index is 0.282. The second-order valence-corrected chi connectivity index (χ2v) is 4.18. The third-order valence-corrected chi connectivity index (χ3v) is 2.67. The average Bonchev–Trinajstić information content (AvgIpc) is 2.40. The molecular formula is C15H10ClFO. The molecule has 0 saturated carbocycles. The van der Waals surface area contributed by atoms with Gasteiger partial charge in [0, 0.05) is 10.6 Å². The lowest BCUT2D eigenvalue weighted by molar-refractivity contribution is 0.101. The summed E-state index contributed by atoms with van der Waals surface area (Å²) >= 11 is 5.71. The van der Waals surface area contributed by atoms with Gasteiger partial charge in [0.25, 0.3) is 0 Å². The average molecular weight is 261 g/mol. The van der Waals surface area contributed by atoms with Crippen molar-refractivity contribution in [2.24, 2.45) is 0 Å². The van der Waals surface area contributed by atoms with Crippen molar-refractivity contribution in [3.8, 4) is 0 Å². The van der Waals surface area contributed by atoms with E-state index in [9.17, 15) is 9.18 Å². The van der Waals surface area contributed by atoms with Crippen molar-refractivity contribution < 1.29 is 9.18 Å². The van der Waals surface area contributed by atoms with E-state index in [2.05, 4.69) is 0 Å². The Hall–Kier alpha value is -1.93. The Morgan fingerprint density at radius 2 is 1.61 bits per heavy atom. The zero-order valence-electron chi connectivity index (χ0n) is 9.44. The molecule has 0 aliphatic carbocycles. The lowest BCUT2D eigenvalue weighted by Crippen LogP contribution is -1.99. The molecule has 0 saturated heterocycles. The van der Waals surface area contributed by atoms with Gasteiger partial charge in [0.05, 0.1) is 0 Å². The van der Waals surface area contributed by atoms with Gasteiger partial charge in [-0.15, -0.1) is 0 Å². The molecule has 0 aliphatic rings. The first-order valence-electron chi connectivity index (χ1n) is 5.39. The summed E-state index contributed by atoms with van der Waals surface area (Å²) in [5.74, 6) is -1.43. The number of allylic oxidation sites excluding steroid dienone is 1. The molecule has 1 nitrogen and oxygen atoms in total. The summed E-state index contributed by atoms with van der Waals surface area (Å²) in [6.45, 7) is 0. The topological polar surface area (TPSA) is 17.1 Å². The van der Waals surface area contributed by atoms with Crippen LogP contribution in [0.2, 0.25) is 5.02 Å². The second kappa shape index (κ2) is 5.61. The molecule has 2 rings (SSSR count). The number of benzene rings is 2. The number of hydrogen-bond acceptors (Lipinski definition) is 1.